The molecule has 2 aromatic carbocycles. The Morgan fingerprint density at radius 3 is 1.50 bits per heavy atom. The fourth-order valence-corrected chi connectivity index (χ4v) is 7.53. The standard InChI is InChI=1S/C20H21Cl2N3O2.C14H18BrN3O2.C6H5BCl2O2/c1-6-27-19(26)15-10-23-25-17(12-7-13(21)9-14(22)8-12)11(2)24-18(25)16(15)20(3,4)5;1-6-20-13(19)9-7-16-18-11(15)8(2)17-12(18)10(9)14(3,4)5;8-5-1-4(7(10)11)2-6(9)3-5/h7-10H,6H2,1-5H3;7H,6H2,1-5H3;1-3,10-11H. The summed E-state index contributed by atoms with van der Waals surface area (Å²) in [6.07, 6.45) is 3.10. The molecular weight excluding hydrogens is 893 g/mol. The van der Waals surface area contributed by atoms with E-state index in [9.17, 15) is 9.59 Å². The highest BCUT2D eigenvalue weighted by atomic mass is 79.9. The van der Waals surface area contributed by atoms with Gasteiger partial charge in [0.1, 0.15) is 4.60 Å². The molecule has 308 valence electrons. The number of rotatable bonds is 6. The molecule has 58 heavy (non-hydrogen) atoms. The van der Waals surface area contributed by atoms with E-state index < -0.39 is 13.1 Å². The van der Waals surface area contributed by atoms with Crippen LogP contribution in [0.15, 0.2) is 53.4 Å². The van der Waals surface area contributed by atoms with Gasteiger partial charge in [-0.1, -0.05) is 87.9 Å². The maximum absolute atomic E-state index is 12.5. The number of hydrogen-bond donors (Lipinski definition) is 2. The first-order chi connectivity index (χ1) is 27.0. The maximum Gasteiger partial charge on any atom is 0.488 e. The number of nitrogens with zero attached hydrogens (tertiary/aromatic N) is 6. The average molecular weight is 937 g/mol. The second-order valence-electron chi connectivity index (χ2n) is 15.0. The van der Waals surface area contributed by atoms with Crippen molar-refractivity contribution in [3.8, 4) is 11.3 Å². The molecule has 2 N–H and O–H groups in total. The molecule has 0 amide bonds. The van der Waals surface area contributed by atoms with Crippen LogP contribution in [0.2, 0.25) is 20.1 Å². The van der Waals surface area contributed by atoms with Crippen molar-refractivity contribution in [2.45, 2.75) is 80.1 Å². The summed E-state index contributed by atoms with van der Waals surface area (Å²) in [4.78, 5) is 33.9. The van der Waals surface area contributed by atoms with Crippen LogP contribution in [0, 0.1) is 13.8 Å². The molecule has 0 spiro atoms. The van der Waals surface area contributed by atoms with Crippen LogP contribution in [-0.4, -0.2) is 71.5 Å². The Labute approximate surface area is 366 Å². The number of ether oxygens (including phenoxy) is 2. The highest BCUT2D eigenvalue weighted by molar-refractivity contribution is 9.10. The van der Waals surface area contributed by atoms with Crippen molar-refractivity contribution in [3.05, 3.63) is 107 Å². The minimum Gasteiger partial charge on any atom is -0.462 e. The van der Waals surface area contributed by atoms with Crippen molar-refractivity contribution in [1.29, 1.82) is 0 Å². The maximum atomic E-state index is 12.5. The molecule has 0 aliphatic carbocycles. The third kappa shape index (κ3) is 10.9. The Hall–Kier alpha value is -3.76. The number of benzene rings is 2. The minimum atomic E-state index is -1.52. The summed E-state index contributed by atoms with van der Waals surface area (Å²) in [6.45, 7) is 20.2. The SMILES string of the molecule is CCOC(=O)c1cnn2c(-c3cc(Cl)cc(Cl)c3)c(C)nc2c1C(C)(C)C.CCOC(=O)c1cnn2c(Br)c(C)nc2c1C(C)(C)C.OB(O)c1cc(Cl)cc(Cl)c1. The van der Waals surface area contributed by atoms with Crippen LogP contribution in [0.4, 0.5) is 0 Å². The number of carbonyl (C=O) groups is 2. The molecule has 0 bridgehead atoms. The molecule has 0 aliphatic rings. The molecule has 0 radical (unpaired) electrons. The molecule has 0 unspecified atom stereocenters. The van der Waals surface area contributed by atoms with Gasteiger partial charge in [-0.15, -0.1) is 0 Å². The van der Waals surface area contributed by atoms with E-state index in [2.05, 4.69) is 31.1 Å². The summed E-state index contributed by atoms with van der Waals surface area (Å²) in [7, 11) is -1.52. The summed E-state index contributed by atoms with van der Waals surface area (Å²) in [5.41, 5.74) is 6.77. The van der Waals surface area contributed by atoms with Crippen molar-refractivity contribution in [3.63, 3.8) is 0 Å². The first kappa shape index (κ1) is 46.9. The number of aromatic nitrogens is 6. The van der Waals surface area contributed by atoms with Crippen LogP contribution in [0.25, 0.3) is 22.6 Å². The van der Waals surface area contributed by atoms with Crippen molar-refractivity contribution in [2.75, 3.05) is 13.2 Å². The summed E-state index contributed by atoms with van der Waals surface area (Å²) in [5.74, 6) is -0.755. The number of fused-ring (bicyclic) bond motifs is 2. The summed E-state index contributed by atoms with van der Waals surface area (Å²) >= 11 is 27.0. The zero-order valence-electron chi connectivity index (χ0n) is 33.7. The van der Waals surface area contributed by atoms with E-state index in [-0.39, 0.29) is 16.8 Å². The Balaban J connectivity index is 0.000000210. The number of halogens is 5. The van der Waals surface area contributed by atoms with Gasteiger partial charge in [0.2, 0.25) is 0 Å². The largest absolute Gasteiger partial charge is 0.488 e. The van der Waals surface area contributed by atoms with Crippen molar-refractivity contribution in [1.82, 2.24) is 29.2 Å². The number of esters is 2. The lowest BCUT2D eigenvalue weighted by molar-refractivity contribution is 0.0513. The van der Waals surface area contributed by atoms with Gasteiger partial charge in [-0.25, -0.2) is 28.6 Å². The highest BCUT2D eigenvalue weighted by Crippen LogP contribution is 2.35. The predicted octanol–water partition coefficient (Wildman–Crippen LogP) is 9.43. The number of imidazole rings is 2. The topological polar surface area (TPSA) is 153 Å². The third-order valence-corrected chi connectivity index (χ3v) is 10.2. The third-order valence-electron chi connectivity index (χ3n) is 8.39. The van der Waals surface area contributed by atoms with Gasteiger partial charge in [0, 0.05) is 36.8 Å². The Morgan fingerprint density at radius 1 is 0.690 bits per heavy atom. The normalized spacial score (nSPS) is 11.5. The Kier molecular flexibility index (Phi) is 15.4. The van der Waals surface area contributed by atoms with Gasteiger partial charge < -0.3 is 19.5 Å². The molecule has 18 heteroatoms. The molecule has 4 aromatic heterocycles. The van der Waals surface area contributed by atoms with Gasteiger partial charge in [-0.3, -0.25) is 0 Å². The van der Waals surface area contributed by atoms with Crippen LogP contribution in [0.1, 0.15) is 98.6 Å². The van der Waals surface area contributed by atoms with E-state index in [1.165, 1.54) is 18.2 Å². The van der Waals surface area contributed by atoms with E-state index in [0.29, 0.717) is 61.2 Å². The summed E-state index contributed by atoms with van der Waals surface area (Å²) in [6, 6.07) is 9.73. The number of carbonyl (C=O) groups excluding carboxylic acids is 2. The van der Waals surface area contributed by atoms with E-state index in [1.54, 1.807) is 41.3 Å². The van der Waals surface area contributed by atoms with Crippen LogP contribution < -0.4 is 5.46 Å². The molecule has 0 saturated carbocycles. The van der Waals surface area contributed by atoms with Gasteiger partial charge in [-0.2, -0.15) is 10.2 Å². The lowest BCUT2D eigenvalue weighted by atomic mass is 9.80. The molecule has 0 fully saturated rings. The first-order valence-corrected chi connectivity index (χ1v) is 20.4. The van der Waals surface area contributed by atoms with Crippen LogP contribution in [-0.2, 0) is 20.3 Å². The summed E-state index contributed by atoms with van der Waals surface area (Å²) < 4.78 is 14.6. The second-order valence-corrected chi connectivity index (χ2v) is 17.5. The van der Waals surface area contributed by atoms with Crippen LogP contribution >= 0.6 is 62.3 Å². The predicted molar refractivity (Wildman–Crippen MR) is 234 cm³/mol. The van der Waals surface area contributed by atoms with E-state index in [0.717, 1.165) is 38.4 Å². The first-order valence-electron chi connectivity index (χ1n) is 18.1. The molecule has 6 aromatic rings. The minimum absolute atomic E-state index is 0.247. The average Bonchev–Trinajstić information content (AvgIpc) is 3.59. The second kappa shape index (κ2) is 19.1. The molecule has 0 aliphatic heterocycles. The molecular formula is C40H44BBrCl4N6O6. The lowest BCUT2D eigenvalue weighted by Crippen LogP contribution is -2.29. The molecule has 4 heterocycles. The smallest absolute Gasteiger partial charge is 0.462 e. The van der Waals surface area contributed by atoms with E-state index in [1.807, 2.05) is 67.5 Å². The van der Waals surface area contributed by atoms with Crippen LogP contribution in [0.5, 0.6) is 0 Å². The van der Waals surface area contributed by atoms with Gasteiger partial charge in [-0.05, 0) is 96.3 Å². The van der Waals surface area contributed by atoms with Gasteiger partial charge >= 0.3 is 19.1 Å². The van der Waals surface area contributed by atoms with Gasteiger partial charge in [0.05, 0.1) is 53.8 Å². The zero-order chi connectivity index (χ0) is 43.4. The van der Waals surface area contributed by atoms with Crippen molar-refractivity contribution >= 4 is 98.1 Å². The monoisotopic (exact) mass is 934 g/mol. The van der Waals surface area contributed by atoms with Gasteiger partial charge in [0.15, 0.2) is 11.3 Å². The number of aryl methyl sites for hydroxylation is 2. The quantitative estimate of drug-likeness (QED) is 0.122. The van der Waals surface area contributed by atoms with Crippen molar-refractivity contribution in [2.24, 2.45) is 0 Å². The Bertz CT molecular complexity index is 2440. The molecule has 0 saturated heterocycles. The molecule has 0 atom stereocenters. The van der Waals surface area contributed by atoms with E-state index in [4.69, 9.17) is 70.9 Å². The molecule has 6 rings (SSSR count). The number of hydrogen-bond acceptors (Lipinski definition) is 10. The zero-order valence-corrected chi connectivity index (χ0v) is 38.3. The highest BCUT2D eigenvalue weighted by Gasteiger charge is 2.30. The van der Waals surface area contributed by atoms with Crippen molar-refractivity contribution < 1.29 is 29.1 Å². The van der Waals surface area contributed by atoms with Gasteiger partial charge in [0.25, 0.3) is 0 Å². The van der Waals surface area contributed by atoms with Crippen LogP contribution in [0.3, 0.4) is 0 Å². The molecule has 12 nitrogen and oxygen atoms in total. The Morgan fingerprint density at radius 2 is 1.09 bits per heavy atom. The fraction of sp³-hybridized carbons (Fsp3) is 0.350. The fourth-order valence-electron chi connectivity index (χ4n) is 6.11. The summed E-state index contributed by atoms with van der Waals surface area (Å²) in [5, 5.41) is 28.0. The van der Waals surface area contributed by atoms with E-state index >= 15 is 0 Å². The lowest BCUT2D eigenvalue weighted by Gasteiger charge is -2.22.